The molecular weight excluding hydrogens is 234 g/mol. The molecule has 1 rings (SSSR count). The van der Waals surface area contributed by atoms with E-state index in [0.717, 1.165) is 11.3 Å². The Balaban J connectivity index is 0.00000121. The van der Waals surface area contributed by atoms with Crippen LogP contribution in [0.25, 0.3) is 12.2 Å². The smallest absolute Gasteiger partial charge is 0.162 e. The normalized spacial score (nSPS) is 10.7. The molecule has 0 radical (unpaired) electrons. The summed E-state index contributed by atoms with van der Waals surface area (Å²) in [6.45, 7) is 9.37. The van der Waals surface area contributed by atoms with Crippen LogP contribution in [0.5, 0.6) is 0 Å². The van der Waals surface area contributed by atoms with Gasteiger partial charge in [-0.25, -0.2) is 0 Å². The van der Waals surface area contributed by atoms with Crippen molar-refractivity contribution in [2.24, 2.45) is 0 Å². The number of halogens is 1. The summed E-state index contributed by atoms with van der Waals surface area (Å²) in [4.78, 5) is 11.4. The van der Waals surface area contributed by atoms with Crippen LogP contribution in [0.15, 0.2) is 18.3 Å². The average Bonchev–Trinajstić information content (AvgIpc) is 2.61. The van der Waals surface area contributed by atoms with Crippen LogP contribution in [0.4, 0.5) is 0 Å². The first-order valence-corrected chi connectivity index (χ1v) is 6.13. The molecule has 1 aromatic rings. The van der Waals surface area contributed by atoms with Crippen molar-refractivity contribution < 1.29 is 4.79 Å². The Morgan fingerprint density at radius 1 is 1.24 bits per heavy atom. The maximum atomic E-state index is 11.4. The monoisotopic (exact) mass is 253 g/mol. The Hall–Kier alpha value is -1.28. The van der Waals surface area contributed by atoms with E-state index in [-0.39, 0.29) is 5.78 Å². The number of rotatable bonds is 3. The van der Waals surface area contributed by atoms with Gasteiger partial charge in [0.15, 0.2) is 5.78 Å². The number of aromatic nitrogens is 1. The summed E-state index contributed by atoms with van der Waals surface area (Å²) >= 11 is 5.99. The molecule has 2 nitrogen and oxygen atoms in total. The molecule has 0 unspecified atom stereocenters. The van der Waals surface area contributed by atoms with Crippen molar-refractivity contribution in [1.82, 2.24) is 4.09 Å². The van der Waals surface area contributed by atoms with Crippen LogP contribution in [0, 0.1) is 0 Å². The Morgan fingerprint density at radius 3 is 2.18 bits per heavy atom. The molecule has 0 bridgehead atoms. The molecule has 0 saturated carbocycles. The maximum absolute atomic E-state index is 11.4. The van der Waals surface area contributed by atoms with Gasteiger partial charge in [-0.05, 0) is 26.8 Å². The number of carbonyl (C=O) groups is 1. The number of hydrogen-bond donors (Lipinski definition) is 0. The SMILES string of the molecule is C/C=C\c1c(C(C)=O)cn(Cl)c1/C=C\C.CC. The number of nitrogens with zero attached hydrogens (tertiary/aromatic N) is 1. The van der Waals surface area contributed by atoms with Crippen molar-refractivity contribution in [3.8, 4) is 0 Å². The van der Waals surface area contributed by atoms with Gasteiger partial charge < -0.3 is 0 Å². The Morgan fingerprint density at radius 2 is 1.76 bits per heavy atom. The lowest BCUT2D eigenvalue weighted by Crippen LogP contribution is -1.91. The highest BCUT2D eigenvalue weighted by molar-refractivity contribution is 6.17. The van der Waals surface area contributed by atoms with Gasteiger partial charge >= 0.3 is 0 Å². The van der Waals surface area contributed by atoms with E-state index in [1.54, 1.807) is 13.1 Å². The molecule has 94 valence electrons. The van der Waals surface area contributed by atoms with Gasteiger partial charge in [-0.2, -0.15) is 0 Å². The van der Waals surface area contributed by atoms with Crippen molar-refractivity contribution in [2.45, 2.75) is 34.6 Å². The molecule has 0 atom stereocenters. The highest BCUT2D eigenvalue weighted by Crippen LogP contribution is 2.22. The zero-order valence-electron chi connectivity index (χ0n) is 11.1. The van der Waals surface area contributed by atoms with Gasteiger partial charge in [0.2, 0.25) is 0 Å². The number of Topliss-reactive ketones (excluding diaryl/α,β-unsaturated/α-hetero) is 1. The van der Waals surface area contributed by atoms with Crippen molar-refractivity contribution in [3.05, 3.63) is 35.2 Å². The fraction of sp³-hybridized carbons (Fsp3) is 0.357. The standard InChI is InChI=1S/C12H14ClNO.C2H6/c1-4-6-10-11(9(3)15)8-14(13)12(10)7-5-2;1-2/h4-8H,1-3H3;1-2H3/b6-4-,7-5-;. The zero-order valence-corrected chi connectivity index (χ0v) is 11.9. The number of ketones is 1. The largest absolute Gasteiger partial charge is 0.294 e. The highest BCUT2D eigenvalue weighted by Gasteiger charge is 2.13. The average molecular weight is 254 g/mol. The molecule has 0 spiro atoms. The summed E-state index contributed by atoms with van der Waals surface area (Å²) in [5.74, 6) is 0.0215. The third-order valence-corrected chi connectivity index (χ3v) is 2.36. The Labute approximate surface area is 109 Å². The van der Waals surface area contributed by atoms with Gasteiger partial charge in [0.1, 0.15) is 0 Å². The number of allylic oxidation sites excluding steroid dienone is 2. The third-order valence-electron chi connectivity index (χ3n) is 2.08. The predicted molar refractivity (Wildman–Crippen MR) is 76.5 cm³/mol. The number of hydrogen-bond acceptors (Lipinski definition) is 1. The molecule has 0 fully saturated rings. The molecule has 0 amide bonds. The molecule has 0 aromatic carbocycles. The quantitative estimate of drug-likeness (QED) is 0.710. The lowest BCUT2D eigenvalue weighted by atomic mass is 10.1. The topological polar surface area (TPSA) is 22.0 Å². The van der Waals surface area contributed by atoms with Crippen LogP contribution in [0.2, 0.25) is 0 Å². The minimum Gasteiger partial charge on any atom is -0.294 e. The van der Waals surface area contributed by atoms with Gasteiger partial charge in [-0.1, -0.05) is 32.1 Å². The van der Waals surface area contributed by atoms with Crippen LogP contribution in [-0.4, -0.2) is 9.87 Å². The van der Waals surface area contributed by atoms with Crippen LogP contribution in [0.3, 0.4) is 0 Å². The molecule has 0 aliphatic rings. The molecule has 0 aliphatic heterocycles. The van der Waals surface area contributed by atoms with Crippen molar-refractivity contribution >= 4 is 29.7 Å². The van der Waals surface area contributed by atoms with E-state index in [0.29, 0.717) is 5.56 Å². The van der Waals surface area contributed by atoms with E-state index in [4.69, 9.17) is 11.8 Å². The minimum atomic E-state index is 0.0215. The van der Waals surface area contributed by atoms with Gasteiger partial charge in [0, 0.05) is 29.1 Å². The summed E-state index contributed by atoms with van der Waals surface area (Å²) in [6, 6.07) is 0. The second-order valence-corrected chi connectivity index (χ2v) is 3.57. The summed E-state index contributed by atoms with van der Waals surface area (Å²) in [6.07, 6.45) is 9.21. The Kier molecular flexibility index (Phi) is 7.31. The van der Waals surface area contributed by atoms with E-state index in [1.807, 2.05) is 52.0 Å². The summed E-state index contributed by atoms with van der Waals surface area (Å²) in [5.41, 5.74) is 2.36. The zero-order chi connectivity index (χ0) is 13.4. The van der Waals surface area contributed by atoms with E-state index in [2.05, 4.69) is 0 Å². The molecule has 3 heteroatoms. The minimum absolute atomic E-state index is 0.0215. The van der Waals surface area contributed by atoms with Crippen LogP contribution >= 0.6 is 11.8 Å². The fourth-order valence-corrected chi connectivity index (χ4v) is 1.69. The summed E-state index contributed by atoms with van der Waals surface area (Å²) in [5, 5.41) is 0. The van der Waals surface area contributed by atoms with E-state index < -0.39 is 0 Å². The predicted octanol–water partition coefficient (Wildman–Crippen LogP) is 4.79. The fourth-order valence-electron chi connectivity index (χ4n) is 1.45. The Bertz CT molecular complexity index is 428. The van der Waals surface area contributed by atoms with E-state index in [9.17, 15) is 4.79 Å². The summed E-state index contributed by atoms with van der Waals surface area (Å²) < 4.78 is 1.45. The highest BCUT2D eigenvalue weighted by atomic mass is 35.5. The molecule has 0 saturated heterocycles. The van der Waals surface area contributed by atoms with Gasteiger partial charge in [-0.3, -0.25) is 8.88 Å². The first-order chi connectivity index (χ1) is 8.11. The van der Waals surface area contributed by atoms with Crippen molar-refractivity contribution in [2.75, 3.05) is 0 Å². The van der Waals surface area contributed by atoms with Crippen LogP contribution in [-0.2, 0) is 0 Å². The molecule has 17 heavy (non-hydrogen) atoms. The molecule has 1 aromatic heterocycles. The van der Waals surface area contributed by atoms with Crippen LogP contribution < -0.4 is 0 Å². The number of carbonyl (C=O) groups excluding carboxylic acids is 1. The third kappa shape index (κ3) is 3.90. The first-order valence-electron chi connectivity index (χ1n) is 5.79. The first kappa shape index (κ1) is 15.7. The lowest BCUT2D eigenvalue weighted by Gasteiger charge is -1.97. The van der Waals surface area contributed by atoms with Gasteiger partial charge in [0.25, 0.3) is 0 Å². The van der Waals surface area contributed by atoms with Crippen molar-refractivity contribution in [3.63, 3.8) is 0 Å². The summed E-state index contributed by atoms with van der Waals surface area (Å²) in [7, 11) is 0. The van der Waals surface area contributed by atoms with Crippen molar-refractivity contribution in [1.29, 1.82) is 0 Å². The second-order valence-electron chi connectivity index (χ2n) is 3.21. The maximum Gasteiger partial charge on any atom is 0.162 e. The van der Waals surface area contributed by atoms with Gasteiger partial charge in [0.05, 0.1) is 5.69 Å². The van der Waals surface area contributed by atoms with Crippen LogP contribution in [0.1, 0.15) is 56.2 Å². The van der Waals surface area contributed by atoms with Gasteiger partial charge in [-0.15, -0.1) is 0 Å². The molecular formula is C14H20ClNO. The molecule has 0 aliphatic carbocycles. The van der Waals surface area contributed by atoms with E-state index in [1.165, 1.54) is 4.09 Å². The lowest BCUT2D eigenvalue weighted by molar-refractivity contribution is 0.101. The molecule has 0 N–H and O–H groups in total. The molecule has 1 heterocycles. The second kappa shape index (κ2) is 7.91. The van der Waals surface area contributed by atoms with E-state index >= 15 is 0 Å².